The van der Waals surface area contributed by atoms with Crippen LogP contribution in [0.15, 0.2) is 54.4 Å². The van der Waals surface area contributed by atoms with Gasteiger partial charge in [0.15, 0.2) is 0 Å². The van der Waals surface area contributed by atoms with Gasteiger partial charge < -0.3 is 19.5 Å². The Labute approximate surface area is 168 Å². The predicted molar refractivity (Wildman–Crippen MR) is 105 cm³/mol. The molecular formula is C22H22N2O5. The van der Waals surface area contributed by atoms with Gasteiger partial charge in [-0.15, -0.1) is 0 Å². The minimum Gasteiger partial charge on any atom is -0.507 e. The van der Waals surface area contributed by atoms with Gasteiger partial charge in [0, 0.05) is 31.1 Å². The van der Waals surface area contributed by atoms with Crippen molar-refractivity contribution >= 4 is 17.4 Å². The molecule has 1 amide bonds. The second kappa shape index (κ2) is 8.05. The van der Waals surface area contributed by atoms with E-state index in [1.165, 1.54) is 4.90 Å². The average molecular weight is 394 g/mol. The minimum absolute atomic E-state index is 0.0613. The van der Waals surface area contributed by atoms with Crippen molar-refractivity contribution < 1.29 is 24.2 Å². The number of carbonyl (C=O) groups is 2. The number of benzene rings is 1. The fourth-order valence-corrected chi connectivity index (χ4v) is 3.86. The molecule has 2 fully saturated rings. The maximum absolute atomic E-state index is 12.9. The Morgan fingerprint density at radius 2 is 2.07 bits per heavy atom. The van der Waals surface area contributed by atoms with Gasteiger partial charge in [-0.3, -0.25) is 14.6 Å². The van der Waals surface area contributed by atoms with E-state index >= 15 is 0 Å². The van der Waals surface area contributed by atoms with Crippen molar-refractivity contribution in [1.29, 1.82) is 0 Å². The van der Waals surface area contributed by atoms with Crippen molar-refractivity contribution in [3.8, 4) is 5.75 Å². The van der Waals surface area contributed by atoms with Crippen LogP contribution in [0.3, 0.4) is 0 Å². The lowest BCUT2D eigenvalue weighted by molar-refractivity contribution is -0.140. The Balaban J connectivity index is 1.79. The van der Waals surface area contributed by atoms with Crippen LogP contribution >= 0.6 is 0 Å². The Morgan fingerprint density at radius 1 is 1.28 bits per heavy atom. The first kappa shape index (κ1) is 19.1. The molecule has 2 saturated heterocycles. The molecular weight excluding hydrogens is 372 g/mol. The summed E-state index contributed by atoms with van der Waals surface area (Å²) in [6, 6.07) is 9.52. The number of Topliss-reactive ketones (excluding diaryl/α,β-unsaturated/α-hetero) is 1. The van der Waals surface area contributed by atoms with E-state index in [0.717, 1.165) is 12.8 Å². The molecule has 2 atom stereocenters. The predicted octanol–water partition coefficient (Wildman–Crippen LogP) is 2.69. The summed E-state index contributed by atoms with van der Waals surface area (Å²) in [7, 11) is 1.55. The third kappa shape index (κ3) is 3.61. The van der Waals surface area contributed by atoms with Crippen LogP contribution in [-0.4, -0.2) is 53.0 Å². The highest BCUT2D eigenvalue weighted by Crippen LogP contribution is 2.39. The molecule has 2 aliphatic rings. The minimum atomic E-state index is -0.713. The van der Waals surface area contributed by atoms with Crippen LogP contribution in [0.1, 0.15) is 30.0 Å². The first-order chi connectivity index (χ1) is 14.1. The van der Waals surface area contributed by atoms with E-state index in [2.05, 4.69) is 4.98 Å². The summed E-state index contributed by atoms with van der Waals surface area (Å²) in [4.78, 5) is 31.4. The monoisotopic (exact) mass is 394 g/mol. The number of ketones is 1. The van der Waals surface area contributed by atoms with E-state index in [1.54, 1.807) is 55.9 Å². The number of aliphatic hydroxyl groups is 1. The number of aliphatic hydroxyl groups excluding tert-OH is 1. The van der Waals surface area contributed by atoms with Gasteiger partial charge in [-0.2, -0.15) is 0 Å². The van der Waals surface area contributed by atoms with Gasteiger partial charge in [-0.25, -0.2) is 0 Å². The molecule has 0 aliphatic carbocycles. The van der Waals surface area contributed by atoms with Crippen molar-refractivity contribution in [2.75, 3.05) is 20.3 Å². The summed E-state index contributed by atoms with van der Waals surface area (Å²) in [6.45, 7) is 0.946. The highest BCUT2D eigenvalue weighted by atomic mass is 16.5. The van der Waals surface area contributed by atoms with Gasteiger partial charge >= 0.3 is 0 Å². The number of nitrogens with zero attached hydrogens (tertiary/aromatic N) is 2. The van der Waals surface area contributed by atoms with Crippen LogP contribution < -0.4 is 4.74 Å². The Hall–Kier alpha value is -3.19. The number of pyridine rings is 1. The number of hydrogen-bond donors (Lipinski definition) is 1. The lowest BCUT2D eigenvalue weighted by Gasteiger charge is -2.27. The first-order valence-electron chi connectivity index (χ1n) is 9.54. The summed E-state index contributed by atoms with van der Waals surface area (Å²) in [5, 5.41) is 11.0. The highest BCUT2D eigenvalue weighted by molar-refractivity contribution is 6.46. The summed E-state index contributed by atoms with van der Waals surface area (Å²) >= 11 is 0. The number of amides is 1. The molecule has 2 unspecified atom stereocenters. The molecule has 2 aromatic rings. The smallest absolute Gasteiger partial charge is 0.295 e. The molecule has 29 heavy (non-hydrogen) atoms. The number of hydrogen-bond acceptors (Lipinski definition) is 6. The van der Waals surface area contributed by atoms with E-state index in [0.29, 0.717) is 30.0 Å². The third-order valence-electron chi connectivity index (χ3n) is 5.33. The first-order valence-corrected chi connectivity index (χ1v) is 9.54. The van der Waals surface area contributed by atoms with Crippen molar-refractivity contribution in [1.82, 2.24) is 9.88 Å². The van der Waals surface area contributed by atoms with Crippen LogP contribution in [0.2, 0.25) is 0 Å². The second-order valence-electron chi connectivity index (χ2n) is 7.10. The number of ether oxygens (including phenoxy) is 2. The number of aromatic nitrogens is 1. The van der Waals surface area contributed by atoms with Crippen molar-refractivity contribution in [3.63, 3.8) is 0 Å². The molecule has 1 aromatic heterocycles. The third-order valence-corrected chi connectivity index (χ3v) is 5.33. The summed E-state index contributed by atoms with van der Waals surface area (Å²) < 4.78 is 10.8. The zero-order valence-corrected chi connectivity index (χ0v) is 16.1. The standard InChI is InChI=1S/C22H22N2O5/c1-28-16-8-6-14(7-9-16)20(25)18-19(15-4-2-10-23-12-15)24(22(27)21(18)26)13-17-5-3-11-29-17/h2,4,6-10,12,17,19,25H,3,5,11,13H2,1H3/b20-18+. The summed E-state index contributed by atoms with van der Waals surface area (Å²) in [5.74, 6) is -0.923. The SMILES string of the molecule is COc1ccc(/C(O)=C2\C(=O)C(=O)N(CC3CCCO3)C2c2cccnc2)cc1. The summed E-state index contributed by atoms with van der Waals surface area (Å²) in [6.07, 6.45) is 4.88. The lowest BCUT2D eigenvalue weighted by Crippen LogP contribution is -2.36. The zero-order valence-electron chi connectivity index (χ0n) is 16.1. The molecule has 3 heterocycles. The fraction of sp³-hybridized carbons (Fsp3) is 0.318. The van der Waals surface area contributed by atoms with E-state index < -0.39 is 17.7 Å². The van der Waals surface area contributed by atoms with Crippen molar-refractivity contribution in [3.05, 3.63) is 65.5 Å². The molecule has 1 aromatic carbocycles. The van der Waals surface area contributed by atoms with Crippen LogP contribution in [0, 0.1) is 0 Å². The molecule has 0 radical (unpaired) electrons. The molecule has 1 N–H and O–H groups in total. The number of methoxy groups -OCH3 is 1. The van der Waals surface area contributed by atoms with Gasteiger partial charge in [-0.1, -0.05) is 6.07 Å². The Bertz CT molecular complexity index is 933. The van der Waals surface area contributed by atoms with Gasteiger partial charge in [0.05, 0.1) is 24.8 Å². The van der Waals surface area contributed by atoms with Gasteiger partial charge in [0.25, 0.3) is 11.7 Å². The average Bonchev–Trinajstić information content (AvgIpc) is 3.36. The van der Waals surface area contributed by atoms with E-state index in [-0.39, 0.29) is 17.4 Å². The zero-order chi connectivity index (χ0) is 20.4. The van der Waals surface area contributed by atoms with Gasteiger partial charge in [-0.05, 0) is 48.7 Å². The summed E-state index contributed by atoms with van der Waals surface area (Å²) in [5.41, 5.74) is 1.17. The quantitative estimate of drug-likeness (QED) is 0.477. The van der Waals surface area contributed by atoms with Crippen LogP contribution in [0.25, 0.3) is 5.76 Å². The van der Waals surface area contributed by atoms with Crippen molar-refractivity contribution in [2.24, 2.45) is 0 Å². The number of likely N-dealkylation sites (tertiary alicyclic amines) is 1. The molecule has 0 saturated carbocycles. The van der Waals surface area contributed by atoms with E-state index in [4.69, 9.17) is 9.47 Å². The van der Waals surface area contributed by atoms with Crippen LogP contribution in [0.5, 0.6) is 5.75 Å². The molecule has 4 rings (SSSR count). The van der Waals surface area contributed by atoms with Gasteiger partial charge in [0.2, 0.25) is 0 Å². The van der Waals surface area contributed by atoms with Gasteiger partial charge in [0.1, 0.15) is 11.5 Å². The Kier molecular flexibility index (Phi) is 5.31. The normalized spacial score (nSPS) is 23.6. The molecule has 7 nitrogen and oxygen atoms in total. The Morgan fingerprint density at radius 3 is 2.69 bits per heavy atom. The highest BCUT2D eigenvalue weighted by Gasteiger charge is 2.47. The topological polar surface area (TPSA) is 89.0 Å². The number of carbonyl (C=O) groups excluding carboxylic acids is 2. The van der Waals surface area contributed by atoms with E-state index in [1.807, 2.05) is 0 Å². The fourth-order valence-electron chi connectivity index (χ4n) is 3.86. The maximum atomic E-state index is 12.9. The second-order valence-corrected chi connectivity index (χ2v) is 7.10. The maximum Gasteiger partial charge on any atom is 0.295 e. The van der Waals surface area contributed by atoms with Crippen molar-refractivity contribution in [2.45, 2.75) is 25.0 Å². The number of rotatable bonds is 5. The van der Waals surface area contributed by atoms with E-state index in [9.17, 15) is 14.7 Å². The molecule has 0 spiro atoms. The molecule has 0 bridgehead atoms. The lowest BCUT2D eigenvalue weighted by atomic mass is 9.96. The van der Waals surface area contributed by atoms with Crippen LogP contribution in [-0.2, 0) is 14.3 Å². The molecule has 2 aliphatic heterocycles. The molecule has 150 valence electrons. The molecule has 7 heteroatoms. The van der Waals surface area contributed by atoms with Crippen LogP contribution in [0.4, 0.5) is 0 Å². The largest absolute Gasteiger partial charge is 0.507 e.